The number of nitrogens with zero attached hydrogens (tertiary/aromatic N) is 3. The van der Waals surface area contributed by atoms with Crippen molar-refractivity contribution in [3.05, 3.63) is 47.3 Å². The van der Waals surface area contributed by atoms with Crippen molar-refractivity contribution in [3.8, 4) is 5.75 Å². The number of benzene rings is 1. The number of β-amino-alcohol motifs (C(OH)–C–C–N with tert-alkyl or cyclic N) is 1. The van der Waals surface area contributed by atoms with Crippen LogP contribution in [0.15, 0.2) is 30.3 Å². The fourth-order valence-corrected chi connectivity index (χ4v) is 4.54. The maximum atomic E-state index is 13.1. The number of aliphatic hydroxyl groups is 1. The van der Waals surface area contributed by atoms with Gasteiger partial charge in [0.25, 0.3) is 0 Å². The van der Waals surface area contributed by atoms with Gasteiger partial charge in [-0.3, -0.25) is 5.10 Å². The van der Waals surface area contributed by atoms with Crippen LogP contribution in [-0.2, 0) is 6.42 Å². The summed E-state index contributed by atoms with van der Waals surface area (Å²) in [7, 11) is 0. The van der Waals surface area contributed by atoms with Gasteiger partial charge in [0.2, 0.25) is 0 Å². The average Bonchev–Trinajstić information content (AvgIpc) is 3.41. The predicted octanol–water partition coefficient (Wildman–Crippen LogP) is 3.63. The molecular weight excluding hydrogens is 425 g/mol. The normalized spacial score (nSPS) is 24.1. The Hall–Kier alpha value is -2.75. The summed E-state index contributed by atoms with van der Waals surface area (Å²) in [6, 6.07) is 7.74. The van der Waals surface area contributed by atoms with Gasteiger partial charge in [-0.2, -0.15) is 5.10 Å². The van der Waals surface area contributed by atoms with E-state index in [1.807, 2.05) is 13.0 Å². The Morgan fingerprint density at radius 2 is 1.91 bits per heavy atom. The van der Waals surface area contributed by atoms with Crippen LogP contribution in [0, 0.1) is 0 Å². The van der Waals surface area contributed by atoms with E-state index in [0.29, 0.717) is 32.6 Å². The van der Waals surface area contributed by atoms with Crippen LogP contribution in [0.1, 0.15) is 48.6 Å². The number of likely N-dealkylation sites (tertiary alicyclic amines) is 2. The average molecular weight is 452 g/mol. The monoisotopic (exact) mass is 452 g/mol. The molecule has 10 heteroatoms. The second kappa shape index (κ2) is 9.01. The predicted molar refractivity (Wildman–Crippen MR) is 110 cm³/mol. The molecule has 2 N–H and O–H groups in total. The largest absolute Gasteiger partial charge is 0.573 e. The maximum Gasteiger partial charge on any atom is 0.573 e. The van der Waals surface area contributed by atoms with Crippen LogP contribution in [-0.4, -0.2) is 69.8 Å². The summed E-state index contributed by atoms with van der Waals surface area (Å²) >= 11 is 0. The van der Waals surface area contributed by atoms with Gasteiger partial charge in [0.05, 0.1) is 11.8 Å². The highest BCUT2D eigenvalue weighted by molar-refractivity contribution is 5.75. The van der Waals surface area contributed by atoms with Crippen molar-refractivity contribution in [2.45, 2.75) is 50.5 Å². The Labute approximate surface area is 184 Å². The number of piperidine rings is 1. The van der Waals surface area contributed by atoms with E-state index >= 15 is 0 Å². The smallest absolute Gasteiger partial charge is 0.406 e. The lowest BCUT2D eigenvalue weighted by Gasteiger charge is -2.39. The molecule has 3 heterocycles. The van der Waals surface area contributed by atoms with Gasteiger partial charge in [-0.1, -0.05) is 19.1 Å². The summed E-state index contributed by atoms with van der Waals surface area (Å²) in [4.78, 5) is 16.6. The molecule has 2 aromatic rings. The van der Waals surface area contributed by atoms with E-state index in [0.717, 1.165) is 29.8 Å². The zero-order valence-electron chi connectivity index (χ0n) is 17.8. The molecule has 0 bridgehead atoms. The van der Waals surface area contributed by atoms with Crippen LogP contribution in [0.4, 0.5) is 18.0 Å². The van der Waals surface area contributed by atoms with Gasteiger partial charge in [0.15, 0.2) is 0 Å². The number of carbonyl (C=O) groups is 1. The van der Waals surface area contributed by atoms with Crippen molar-refractivity contribution >= 4 is 6.03 Å². The number of nitrogens with one attached hydrogen (secondary N) is 1. The zero-order valence-corrected chi connectivity index (χ0v) is 17.8. The molecule has 174 valence electrons. The molecule has 0 spiro atoms. The van der Waals surface area contributed by atoms with Gasteiger partial charge in [-0.25, -0.2) is 4.79 Å². The highest BCUT2D eigenvalue weighted by Gasteiger charge is 2.36. The number of aliphatic hydroxyl groups excluding tert-OH is 1. The number of amides is 2. The molecule has 7 nitrogen and oxygen atoms in total. The van der Waals surface area contributed by atoms with Crippen molar-refractivity contribution in [1.82, 2.24) is 20.0 Å². The highest BCUT2D eigenvalue weighted by Crippen LogP contribution is 2.37. The lowest BCUT2D eigenvalue weighted by atomic mass is 9.83. The van der Waals surface area contributed by atoms with Crippen LogP contribution in [0.25, 0.3) is 0 Å². The fourth-order valence-electron chi connectivity index (χ4n) is 4.54. The number of rotatable bonds is 4. The molecule has 2 aliphatic heterocycles. The number of ether oxygens (including phenoxy) is 1. The minimum Gasteiger partial charge on any atom is -0.406 e. The van der Waals surface area contributed by atoms with Gasteiger partial charge in [0, 0.05) is 43.7 Å². The SMILES string of the molecule is CCc1cc(C2CC(c3ccc(OC(F)(F)F)cc3)CN(C(=O)N3CCC(O)C3)C2)n[nH]1. The lowest BCUT2D eigenvalue weighted by Crippen LogP contribution is -2.48. The molecule has 2 aliphatic rings. The molecule has 0 radical (unpaired) electrons. The molecule has 2 saturated heterocycles. The van der Waals surface area contributed by atoms with E-state index in [-0.39, 0.29) is 23.6 Å². The molecular formula is C22H27F3N4O3. The minimum atomic E-state index is -4.74. The molecule has 2 fully saturated rings. The number of urea groups is 1. The summed E-state index contributed by atoms with van der Waals surface area (Å²) in [5.74, 6) is -0.340. The van der Waals surface area contributed by atoms with E-state index in [9.17, 15) is 23.1 Å². The van der Waals surface area contributed by atoms with Gasteiger partial charge < -0.3 is 19.6 Å². The Balaban J connectivity index is 1.55. The first-order valence-electron chi connectivity index (χ1n) is 10.8. The zero-order chi connectivity index (χ0) is 22.9. The number of halogens is 3. The Morgan fingerprint density at radius 1 is 1.19 bits per heavy atom. The van der Waals surface area contributed by atoms with Crippen LogP contribution < -0.4 is 4.74 Å². The highest BCUT2D eigenvalue weighted by atomic mass is 19.4. The number of aryl methyl sites for hydroxylation is 1. The minimum absolute atomic E-state index is 0.00659. The third kappa shape index (κ3) is 5.17. The summed E-state index contributed by atoms with van der Waals surface area (Å²) in [6.45, 7) is 3.81. The van der Waals surface area contributed by atoms with Crippen molar-refractivity contribution < 1.29 is 27.8 Å². The van der Waals surface area contributed by atoms with Crippen molar-refractivity contribution in [1.29, 1.82) is 0 Å². The lowest BCUT2D eigenvalue weighted by molar-refractivity contribution is -0.274. The number of H-pyrrole nitrogens is 1. The van der Waals surface area contributed by atoms with E-state index < -0.39 is 12.5 Å². The number of alkyl halides is 3. The first-order valence-corrected chi connectivity index (χ1v) is 10.8. The summed E-state index contributed by atoms with van der Waals surface area (Å²) in [6.07, 6.45) is -3.14. The number of hydrogen-bond acceptors (Lipinski definition) is 4. The number of carbonyl (C=O) groups excluding carboxylic acids is 1. The fraction of sp³-hybridized carbons (Fsp3) is 0.545. The van der Waals surface area contributed by atoms with Gasteiger partial charge in [-0.05, 0) is 43.0 Å². The van der Waals surface area contributed by atoms with Crippen LogP contribution >= 0.6 is 0 Å². The second-order valence-electron chi connectivity index (χ2n) is 8.49. The molecule has 3 atom stereocenters. The molecule has 2 amide bonds. The standard InChI is InChI=1S/C22H27F3N4O3/c1-2-17-10-20(27-26-17)16-9-15(14-3-5-19(6-4-14)32-22(23,24)25)11-29(12-16)21(31)28-8-7-18(30)13-28/h3-6,10,15-16,18,30H,2,7-9,11-13H2,1H3,(H,26,27). The summed E-state index contributed by atoms with van der Waals surface area (Å²) < 4.78 is 41.4. The van der Waals surface area contributed by atoms with Gasteiger partial charge in [0.1, 0.15) is 5.75 Å². The van der Waals surface area contributed by atoms with E-state index in [2.05, 4.69) is 14.9 Å². The van der Waals surface area contributed by atoms with Crippen LogP contribution in [0.2, 0.25) is 0 Å². The van der Waals surface area contributed by atoms with Crippen LogP contribution in [0.5, 0.6) is 5.75 Å². The molecule has 0 aliphatic carbocycles. The van der Waals surface area contributed by atoms with Gasteiger partial charge >= 0.3 is 12.4 Å². The molecule has 32 heavy (non-hydrogen) atoms. The molecule has 1 aromatic carbocycles. The number of aromatic nitrogens is 2. The maximum absolute atomic E-state index is 13.1. The topological polar surface area (TPSA) is 81.7 Å². The van der Waals surface area contributed by atoms with E-state index in [4.69, 9.17) is 0 Å². The molecule has 3 unspecified atom stereocenters. The van der Waals surface area contributed by atoms with Crippen molar-refractivity contribution in [3.63, 3.8) is 0 Å². The van der Waals surface area contributed by atoms with E-state index in [1.54, 1.807) is 21.9 Å². The first kappa shape index (κ1) is 22.4. The Bertz CT molecular complexity index is 931. The third-order valence-electron chi connectivity index (χ3n) is 6.19. The molecule has 1 aromatic heterocycles. The number of hydrogen-bond donors (Lipinski definition) is 2. The number of aromatic amines is 1. The first-order chi connectivity index (χ1) is 15.2. The molecule has 0 saturated carbocycles. The third-order valence-corrected chi connectivity index (χ3v) is 6.19. The summed E-state index contributed by atoms with van der Waals surface area (Å²) in [5, 5.41) is 17.3. The molecule has 4 rings (SSSR count). The quantitative estimate of drug-likeness (QED) is 0.742. The van der Waals surface area contributed by atoms with Gasteiger partial charge in [-0.15, -0.1) is 13.2 Å². The summed E-state index contributed by atoms with van der Waals surface area (Å²) in [5.41, 5.74) is 2.73. The Morgan fingerprint density at radius 3 is 2.50 bits per heavy atom. The second-order valence-corrected chi connectivity index (χ2v) is 8.49. The van der Waals surface area contributed by atoms with E-state index in [1.165, 1.54) is 12.1 Å². The van der Waals surface area contributed by atoms with Crippen molar-refractivity contribution in [2.24, 2.45) is 0 Å². The Kier molecular flexibility index (Phi) is 6.32. The van der Waals surface area contributed by atoms with Crippen LogP contribution in [0.3, 0.4) is 0 Å². The van der Waals surface area contributed by atoms with Crippen molar-refractivity contribution in [2.75, 3.05) is 26.2 Å².